The van der Waals surface area contributed by atoms with E-state index in [4.69, 9.17) is 23.2 Å². The van der Waals surface area contributed by atoms with Crippen LogP contribution in [0.5, 0.6) is 0 Å². The Kier molecular flexibility index (Phi) is 5.87. The molecule has 2 aliphatic carbocycles. The summed E-state index contributed by atoms with van der Waals surface area (Å²) in [5.74, 6) is 0. The third-order valence-electron chi connectivity index (χ3n) is 8.31. The zero-order valence-corrected chi connectivity index (χ0v) is 24.0. The second-order valence-electron chi connectivity index (χ2n) is 10.2. The van der Waals surface area contributed by atoms with Crippen LogP contribution in [0.1, 0.15) is 49.9 Å². The lowest BCUT2D eigenvalue weighted by molar-refractivity contribution is 0.925. The molecule has 2 aliphatic rings. The Bertz CT molecular complexity index is 1480. The van der Waals surface area contributed by atoms with Crippen LogP contribution in [0.2, 0.25) is 0 Å². The Morgan fingerprint density at radius 2 is 0.865 bits per heavy atom. The lowest BCUT2D eigenvalue weighted by Crippen LogP contribution is -2.40. The predicted octanol–water partition coefficient (Wildman–Crippen LogP) is 9.82. The van der Waals surface area contributed by atoms with Gasteiger partial charge in [-0.2, -0.15) is 0 Å². The van der Waals surface area contributed by atoms with E-state index in [0.717, 1.165) is 0 Å². The number of halogens is 2. The molecule has 0 N–H and O–H groups in total. The monoisotopic (exact) mass is 534 g/mol. The largest absolute Gasteiger partial charge is 0.118 e. The average molecular weight is 536 g/mol. The molecule has 0 aliphatic heterocycles. The normalized spacial score (nSPS) is 22.4. The van der Waals surface area contributed by atoms with E-state index in [1.807, 2.05) is 0 Å². The summed E-state index contributed by atoms with van der Waals surface area (Å²) in [6.07, 6.45) is 0. The molecule has 0 nitrogen and oxygen atoms in total. The van der Waals surface area contributed by atoms with Crippen LogP contribution in [0.15, 0.2) is 108 Å². The van der Waals surface area contributed by atoms with E-state index in [1.165, 1.54) is 66.8 Å². The van der Waals surface area contributed by atoms with E-state index in [1.54, 1.807) is 0 Å². The first-order valence-corrected chi connectivity index (χ1v) is 14.4. The predicted molar refractivity (Wildman–Crippen MR) is 161 cm³/mol. The third-order valence-corrected chi connectivity index (χ3v) is 11.8. The molecule has 2 radical (unpaired) electrons. The molecule has 0 bridgehead atoms. The van der Waals surface area contributed by atoms with Crippen molar-refractivity contribution in [3.8, 4) is 22.3 Å². The van der Waals surface area contributed by atoms with E-state index in [2.05, 4.69) is 125 Å². The topological polar surface area (TPSA) is 0 Å². The summed E-state index contributed by atoms with van der Waals surface area (Å²) in [6.45, 7) is 8.75. The highest BCUT2D eigenvalue weighted by Gasteiger charge is 2.51. The van der Waals surface area contributed by atoms with Crippen LogP contribution in [-0.4, -0.2) is 9.52 Å². The number of allylic oxidation sites excluding steroid dienone is 4. The van der Waals surface area contributed by atoms with E-state index in [0.29, 0.717) is 0 Å². The molecule has 2 unspecified atom stereocenters. The molecule has 6 rings (SSSR count). The van der Waals surface area contributed by atoms with Gasteiger partial charge in [0.15, 0.2) is 0 Å². The number of rotatable bonds is 4. The lowest BCUT2D eigenvalue weighted by Gasteiger charge is -2.35. The van der Waals surface area contributed by atoms with Gasteiger partial charge in [0.05, 0.1) is 8.99 Å². The second-order valence-corrected chi connectivity index (χ2v) is 13.7. The second kappa shape index (κ2) is 8.87. The van der Waals surface area contributed by atoms with Crippen molar-refractivity contribution in [1.29, 1.82) is 0 Å². The van der Waals surface area contributed by atoms with Gasteiger partial charge in [-0.05, 0) is 107 Å². The van der Waals surface area contributed by atoms with E-state index in [9.17, 15) is 0 Å². The highest BCUT2D eigenvalue weighted by atomic mass is 35.5. The fraction of sp³-hybridized carbons (Fsp3) is 0.176. The molecular formula is C34H28Cl2Si. The van der Waals surface area contributed by atoms with Crippen molar-refractivity contribution in [2.75, 3.05) is 0 Å². The van der Waals surface area contributed by atoms with Crippen LogP contribution >= 0.6 is 23.2 Å². The van der Waals surface area contributed by atoms with E-state index in [-0.39, 0.29) is 9.52 Å². The highest BCUT2D eigenvalue weighted by Crippen LogP contribution is 2.57. The minimum Gasteiger partial charge on any atom is -0.114 e. The summed E-state index contributed by atoms with van der Waals surface area (Å²) in [5, 5.41) is 0. The average Bonchev–Trinajstić information content (AvgIpc) is 3.24. The van der Waals surface area contributed by atoms with Gasteiger partial charge in [0, 0.05) is 0 Å². The molecule has 0 amide bonds. The molecule has 0 aromatic heterocycles. The minimum atomic E-state index is -0.641. The number of hydrogen-bond donors (Lipinski definition) is 0. The number of fused-ring (bicyclic) bond motifs is 2. The Morgan fingerprint density at radius 1 is 0.486 bits per heavy atom. The molecule has 2 atom stereocenters. The van der Waals surface area contributed by atoms with Crippen molar-refractivity contribution >= 4 is 43.9 Å². The zero-order valence-electron chi connectivity index (χ0n) is 21.5. The molecule has 0 spiro atoms. The summed E-state index contributed by atoms with van der Waals surface area (Å²) in [4.78, 5) is 0. The van der Waals surface area contributed by atoms with Crippen LogP contribution in [0, 0.1) is 0 Å². The molecule has 0 saturated heterocycles. The van der Waals surface area contributed by atoms with Crippen molar-refractivity contribution in [3.05, 3.63) is 130 Å². The minimum absolute atomic E-state index is 0.254. The number of hydrogen-bond acceptors (Lipinski definition) is 0. The van der Waals surface area contributed by atoms with Crippen LogP contribution in [-0.2, 0) is 8.99 Å². The molecule has 0 saturated carbocycles. The van der Waals surface area contributed by atoms with Crippen LogP contribution in [0.4, 0.5) is 0 Å². The first-order valence-electron chi connectivity index (χ1n) is 12.7. The van der Waals surface area contributed by atoms with Gasteiger partial charge < -0.3 is 0 Å². The van der Waals surface area contributed by atoms with Crippen molar-refractivity contribution in [2.24, 2.45) is 0 Å². The van der Waals surface area contributed by atoms with Gasteiger partial charge in [-0.1, -0.05) is 84.9 Å². The van der Waals surface area contributed by atoms with Gasteiger partial charge in [-0.3, -0.25) is 0 Å². The molecule has 4 aromatic carbocycles. The van der Waals surface area contributed by atoms with Gasteiger partial charge in [0.1, 0.15) is 9.52 Å². The van der Waals surface area contributed by atoms with Gasteiger partial charge >= 0.3 is 0 Å². The Morgan fingerprint density at radius 3 is 1.24 bits per heavy atom. The van der Waals surface area contributed by atoms with Crippen LogP contribution in [0.25, 0.3) is 33.4 Å². The molecule has 37 heavy (non-hydrogen) atoms. The lowest BCUT2D eigenvalue weighted by atomic mass is 9.98. The van der Waals surface area contributed by atoms with E-state index < -0.39 is 8.99 Å². The van der Waals surface area contributed by atoms with Gasteiger partial charge in [0.25, 0.3) is 0 Å². The first kappa shape index (κ1) is 24.5. The molecule has 4 aromatic rings. The fourth-order valence-corrected chi connectivity index (χ4v) is 9.35. The van der Waals surface area contributed by atoms with Crippen molar-refractivity contribution < 1.29 is 0 Å². The maximum Gasteiger partial charge on any atom is 0.118 e. The summed E-state index contributed by atoms with van der Waals surface area (Å²) in [6, 6.07) is 34.5. The molecule has 0 heterocycles. The summed E-state index contributed by atoms with van der Waals surface area (Å²) >= 11 is 15.3. The van der Waals surface area contributed by atoms with Crippen molar-refractivity contribution in [2.45, 2.75) is 36.7 Å². The maximum atomic E-state index is 7.67. The van der Waals surface area contributed by atoms with Gasteiger partial charge in [-0.15, -0.1) is 23.2 Å². The van der Waals surface area contributed by atoms with Crippen molar-refractivity contribution in [1.82, 2.24) is 0 Å². The number of alkyl halides is 2. The van der Waals surface area contributed by atoms with Crippen LogP contribution in [0.3, 0.4) is 0 Å². The zero-order chi connectivity index (χ0) is 25.9. The Labute approximate surface area is 232 Å². The Balaban J connectivity index is 1.43. The standard InChI is InChI=1S/C34H28Cl2Si/c1-21-23(3)33(35,31-17-15-27(19-29(21)31)25-11-7-5-8-12-25)37-34(36)24(4)22(2)30-20-28(16-18-32(30)34)26-13-9-6-10-14-26/h5-20H,1-4H3. The van der Waals surface area contributed by atoms with E-state index >= 15 is 0 Å². The van der Waals surface area contributed by atoms with Crippen molar-refractivity contribution in [3.63, 3.8) is 0 Å². The summed E-state index contributed by atoms with van der Waals surface area (Å²) in [7, 11) is 0.254. The number of benzene rings is 4. The fourth-order valence-electron chi connectivity index (χ4n) is 5.81. The highest BCUT2D eigenvalue weighted by molar-refractivity contribution is 6.70. The van der Waals surface area contributed by atoms with Gasteiger partial charge in [0.2, 0.25) is 0 Å². The SMILES string of the molecule is CC1=C(C)C(Cl)([Si]C2(Cl)C(C)=C(C)c3cc(-c4ccccc4)ccc32)c2ccc(-c3ccccc3)cc21. The molecule has 0 fully saturated rings. The van der Waals surface area contributed by atoms with Gasteiger partial charge in [-0.25, -0.2) is 0 Å². The smallest absolute Gasteiger partial charge is 0.114 e. The summed E-state index contributed by atoms with van der Waals surface area (Å²) in [5.41, 5.74) is 14.6. The Hall–Kier alpha value is -2.84. The van der Waals surface area contributed by atoms with Crippen LogP contribution < -0.4 is 0 Å². The first-order chi connectivity index (χ1) is 17.7. The third kappa shape index (κ3) is 3.71. The molecular weight excluding hydrogens is 507 g/mol. The molecule has 182 valence electrons. The molecule has 3 heteroatoms. The maximum absolute atomic E-state index is 7.67. The quantitative estimate of drug-likeness (QED) is 0.180. The summed E-state index contributed by atoms with van der Waals surface area (Å²) < 4.78 is -1.28.